The highest BCUT2D eigenvalue weighted by Crippen LogP contribution is 2.37. The smallest absolute Gasteiger partial charge is 0.129 e. The van der Waals surface area contributed by atoms with Gasteiger partial charge >= 0.3 is 0 Å². The van der Waals surface area contributed by atoms with Crippen LogP contribution < -0.4 is 5.32 Å². The van der Waals surface area contributed by atoms with Crippen LogP contribution in [0.2, 0.25) is 5.02 Å². The topological polar surface area (TPSA) is 37.8 Å². The van der Waals surface area contributed by atoms with Crippen molar-refractivity contribution in [2.24, 2.45) is 0 Å². The van der Waals surface area contributed by atoms with Gasteiger partial charge in [0.1, 0.15) is 11.0 Å². The summed E-state index contributed by atoms with van der Waals surface area (Å²) < 4.78 is 8.66. The first-order valence-electron chi connectivity index (χ1n) is 6.66. The standard InChI is InChI=1S/C15H12ClN3S2/c16-11-5-6-12-15(19-21-18-12)14(11)17-13-8-20-7-9-3-1-2-4-10(9)13/h1-6,13,17H,7-8H2. The molecule has 0 amide bonds. The lowest BCUT2D eigenvalue weighted by molar-refractivity contribution is 0.872. The third-order valence-corrected chi connectivity index (χ3v) is 5.61. The Morgan fingerprint density at radius 2 is 2.05 bits per heavy atom. The molecule has 106 valence electrons. The zero-order chi connectivity index (χ0) is 14.2. The van der Waals surface area contributed by atoms with E-state index in [1.54, 1.807) is 0 Å². The summed E-state index contributed by atoms with van der Waals surface area (Å²) in [6, 6.07) is 12.6. The number of hydrogen-bond donors (Lipinski definition) is 1. The van der Waals surface area contributed by atoms with E-state index in [9.17, 15) is 0 Å². The fourth-order valence-electron chi connectivity index (χ4n) is 2.64. The van der Waals surface area contributed by atoms with Crippen LogP contribution in [0, 0.1) is 0 Å². The number of rotatable bonds is 2. The molecule has 21 heavy (non-hydrogen) atoms. The van der Waals surface area contributed by atoms with Crippen molar-refractivity contribution >= 4 is 51.8 Å². The second-order valence-electron chi connectivity index (χ2n) is 4.97. The van der Waals surface area contributed by atoms with Gasteiger partial charge in [-0.1, -0.05) is 35.9 Å². The van der Waals surface area contributed by atoms with Gasteiger partial charge in [-0.05, 0) is 23.3 Å². The van der Waals surface area contributed by atoms with E-state index in [-0.39, 0.29) is 6.04 Å². The number of anilines is 1. The van der Waals surface area contributed by atoms with Crippen molar-refractivity contribution in [2.45, 2.75) is 11.8 Å². The zero-order valence-electron chi connectivity index (χ0n) is 11.0. The molecule has 0 bridgehead atoms. The van der Waals surface area contributed by atoms with Gasteiger partial charge in [0.15, 0.2) is 0 Å². The quantitative estimate of drug-likeness (QED) is 0.734. The van der Waals surface area contributed by atoms with Crippen molar-refractivity contribution in [3.8, 4) is 0 Å². The van der Waals surface area contributed by atoms with Crippen molar-refractivity contribution in [2.75, 3.05) is 11.1 Å². The second kappa shape index (κ2) is 5.48. The zero-order valence-corrected chi connectivity index (χ0v) is 13.4. The van der Waals surface area contributed by atoms with E-state index in [0.29, 0.717) is 5.02 Å². The van der Waals surface area contributed by atoms with E-state index in [2.05, 4.69) is 38.3 Å². The molecule has 1 aromatic heterocycles. The molecule has 2 heterocycles. The Kier molecular flexibility index (Phi) is 3.49. The van der Waals surface area contributed by atoms with Gasteiger partial charge in [0, 0.05) is 11.5 Å². The predicted octanol–water partition coefficient (Wildman–Crippen LogP) is 4.74. The monoisotopic (exact) mass is 333 g/mol. The Bertz CT molecular complexity index is 802. The minimum Gasteiger partial charge on any atom is -0.374 e. The number of hydrogen-bond acceptors (Lipinski definition) is 5. The van der Waals surface area contributed by atoms with Crippen molar-refractivity contribution < 1.29 is 0 Å². The highest BCUT2D eigenvalue weighted by Gasteiger charge is 2.22. The largest absolute Gasteiger partial charge is 0.374 e. The number of nitrogens with one attached hydrogen (secondary N) is 1. The fraction of sp³-hybridized carbons (Fsp3) is 0.200. The van der Waals surface area contributed by atoms with Gasteiger partial charge in [-0.25, -0.2) is 0 Å². The molecule has 4 rings (SSSR count). The first-order valence-corrected chi connectivity index (χ1v) is 8.92. The van der Waals surface area contributed by atoms with Crippen molar-refractivity contribution in [1.29, 1.82) is 0 Å². The summed E-state index contributed by atoms with van der Waals surface area (Å²) >= 11 is 9.53. The first kappa shape index (κ1) is 13.4. The summed E-state index contributed by atoms with van der Waals surface area (Å²) in [7, 11) is 0. The number of aromatic nitrogens is 2. The Labute approximate surface area is 136 Å². The maximum Gasteiger partial charge on any atom is 0.129 e. The molecule has 6 heteroatoms. The second-order valence-corrected chi connectivity index (χ2v) is 6.93. The molecule has 1 aliphatic rings. The van der Waals surface area contributed by atoms with Crippen LogP contribution in [0.25, 0.3) is 11.0 Å². The van der Waals surface area contributed by atoms with Crippen LogP contribution >= 0.6 is 35.1 Å². The van der Waals surface area contributed by atoms with E-state index in [0.717, 1.165) is 28.2 Å². The van der Waals surface area contributed by atoms with Crippen LogP contribution in [-0.2, 0) is 5.75 Å². The first-order chi connectivity index (χ1) is 10.3. The number of halogens is 1. The fourth-order valence-corrected chi connectivity index (χ4v) is 4.49. The normalized spacial score (nSPS) is 17.7. The van der Waals surface area contributed by atoms with Gasteiger partial charge in [0.05, 0.1) is 28.5 Å². The minimum absolute atomic E-state index is 0.254. The van der Waals surface area contributed by atoms with Crippen LogP contribution in [0.5, 0.6) is 0 Å². The molecular formula is C15H12ClN3S2. The average Bonchev–Trinajstić information content (AvgIpc) is 2.99. The van der Waals surface area contributed by atoms with E-state index in [1.165, 1.54) is 22.9 Å². The Hall–Kier alpha value is -1.30. The summed E-state index contributed by atoms with van der Waals surface area (Å²) in [5.41, 5.74) is 5.40. The highest BCUT2D eigenvalue weighted by molar-refractivity contribution is 7.98. The molecule has 0 aliphatic carbocycles. The summed E-state index contributed by atoms with van der Waals surface area (Å²) in [5.74, 6) is 2.10. The maximum absolute atomic E-state index is 6.37. The van der Waals surface area contributed by atoms with Gasteiger partial charge in [0.2, 0.25) is 0 Å². The summed E-state index contributed by atoms with van der Waals surface area (Å²) in [6.07, 6.45) is 0. The summed E-state index contributed by atoms with van der Waals surface area (Å²) in [5, 5.41) is 4.28. The number of nitrogens with zero attached hydrogens (tertiary/aromatic N) is 2. The van der Waals surface area contributed by atoms with E-state index in [1.807, 2.05) is 23.9 Å². The SMILES string of the molecule is Clc1ccc2nsnc2c1NC1CSCc2ccccc21. The third kappa shape index (κ3) is 2.39. The van der Waals surface area contributed by atoms with Crippen LogP contribution in [0.4, 0.5) is 5.69 Å². The van der Waals surface area contributed by atoms with Crippen LogP contribution in [-0.4, -0.2) is 14.5 Å². The van der Waals surface area contributed by atoms with E-state index in [4.69, 9.17) is 11.6 Å². The van der Waals surface area contributed by atoms with Crippen LogP contribution in [0.1, 0.15) is 17.2 Å². The Balaban J connectivity index is 1.76. The average molecular weight is 334 g/mol. The predicted molar refractivity (Wildman–Crippen MR) is 91.4 cm³/mol. The van der Waals surface area contributed by atoms with Crippen LogP contribution in [0.15, 0.2) is 36.4 Å². The van der Waals surface area contributed by atoms with E-state index >= 15 is 0 Å². The minimum atomic E-state index is 0.254. The van der Waals surface area contributed by atoms with Gasteiger partial charge in [-0.15, -0.1) is 0 Å². The lowest BCUT2D eigenvalue weighted by atomic mass is 10.0. The van der Waals surface area contributed by atoms with Gasteiger partial charge < -0.3 is 5.32 Å². The molecule has 2 aromatic carbocycles. The Morgan fingerprint density at radius 1 is 1.14 bits per heavy atom. The van der Waals surface area contributed by atoms with Crippen molar-refractivity contribution in [3.05, 3.63) is 52.5 Å². The summed E-state index contributed by atoms with van der Waals surface area (Å²) in [6.45, 7) is 0. The molecule has 1 aliphatic heterocycles. The molecule has 1 N–H and O–H groups in total. The number of thioether (sulfide) groups is 1. The lowest BCUT2D eigenvalue weighted by Crippen LogP contribution is -2.19. The molecule has 0 fully saturated rings. The molecule has 1 unspecified atom stereocenters. The lowest BCUT2D eigenvalue weighted by Gasteiger charge is -2.27. The number of fused-ring (bicyclic) bond motifs is 2. The summed E-state index contributed by atoms with van der Waals surface area (Å²) in [4.78, 5) is 0. The molecule has 0 saturated carbocycles. The molecule has 0 saturated heterocycles. The molecular weight excluding hydrogens is 322 g/mol. The molecule has 3 aromatic rings. The van der Waals surface area contributed by atoms with E-state index < -0.39 is 0 Å². The third-order valence-electron chi connectivity index (χ3n) is 3.67. The molecule has 3 nitrogen and oxygen atoms in total. The molecule has 0 spiro atoms. The van der Waals surface area contributed by atoms with Gasteiger partial charge in [0.25, 0.3) is 0 Å². The van der Waals surface area contributed by atoms with Crippen molar-refractivity contribution in [1.82, 2.24) is 8.75 Å². The Morgan fingerprint density at radius 3 is 3.00 bits per heavy atom. The highest BCUT2D eigenvalue weighted by atomic mass is 35.5. The number of benzene rings is 2. The maximum atomic E-state index is 6.37. The molecule has 0 radical (unpaired) electrons. The van der Waals surface area contributed by atoms with Crippen LogP contribution in [0.3, 0.4) is 0 Å². The van der Waals surface area contributed by atoms with Gasteiger partial charge in [-0.3, -0.25) is 0 Å². The van der Waals surface area contributed by atoms with Gasteiger partial charge in [-0.2, -0.15) is 20.5 Å². The van der Waals surface area contributed by atoms with Crippen molar-refractivity contribution in [3.63, 3.8) is 0 Å². The molecule has 1 atom stereocenters.